The Bertz CT molecular complexity index is 391. The fraction of sp³-hybridized carbons (Fsp3) is 0.800. The largest absolute Gasteiger partial charge is 0.463 e. The summed E-state index contributed by atoms with van der Waals surface area (Å²) >= 11 is 0. The highest BCUT2D eigenvalue weighted by molar-refractivity contribution is 5.91. The van der Waals surface area contributed by atoms with Gasteiger partial charge in [0.2, 0.25) is 0 Å². The van der Waals surface area contributed by atoms with Crippen LogP contribution in [0, 0.1) is 22.7 Å². The van der Waals surface area contributed by atoms with Crippen LogP contribution in [-0.2, 0) is 19.1 Å². The van der Waals surface area contributed by atoms with E-state index < -0.39 is 11.9 Å². The van der Waals surface area contributed by atoms with Crippen LogP contribution < -0.4 is 0 Å². The van der Waals surface area contributed by atoms with Crippen LogP contribution >= 0.6 is 0 Å². The summed E-state index contributed by atoms with van der Waals surface area (Å²) in [5, 5.41) is 0. The second kappa shape index (κ2) is 9.85. The first-order chi connectivity index (χ1) is 10.9. The molecule has 0 aromatic carbocycles. The predicted molar refractivity (Wildman–Crippen MR) is 97.5 cm³/mol. The molecule has 0 rings (SSSR count). The minimum Gasteiger partial charge on any atom is -0.463 e. The van der Waals surface area contributed by atoms with Gasteiger partial charge < -0.3 is 9.47 Å². The molecule has 0 spiro atoms. The third-order valence-electron chi connectivity index (χ3n) is 5.46. The summed E-state index contributed by atoms with van der Waals surface area (Å²) in [5.74, 6) is 0.0108. The molecule has 0 aliphatic rings. The molecule has 0 heterocycles. The molecule has 4 nitrogen and oxygen atoms in total. The number of rotatable bonds is 10. The highest BCUT2D eigenvalue weighted by Gasteiger charge is 2.23. The third kappa shape index (κ3) is 9.09. The molecule has 0 aliphatic heterocycles. The van der Waals surface area contributed by atoms with Crippen LogP contribution in [0.4, 0.5) is 0 Å². The predicted octanol–water partition coefficient (Wildman–Crippen LogP) is 4.77. The zero-order valence-electron chi connectivity index (χ0n) is 16.8. The zero-order chi connectivity index (χ0) is 19.0. The van der Waals surface area contributed by atoms with E-state index in [2.05, 4.69) is 55.4 Å². The smallest absolute Gasteiger partial charge is 0.331 e. The fourth-order valence-electron chi connectivity index (χ4n) is 1.64. The lowest BCUT2D eigenvalue weighted by Gasteiger charge is -2.28. The summed E-state index contributed by atoms with van der Waals surface area (Å²) in [7, 11) is 0. The standard InChI is InChI=1S/C20H36O4/c1-15(2)19(5,6)11-13-23-17(21)9-10-18(22)24-14-12-20(7,8)16(3)4/h9-10,15-16H,11-14H2,1-8H3/b10-9+. The average Bonchev–Trinajstić information content (AvgIpc) is 2.44. The SMILES string of the molecule is CC(C)C(C)(C)CCOC(=O)/C=C/C(=O)OCCC(C)(C)C(C)C. The molecular formula is C20H36O4. The Kier molecular flexibility index (Phi) is 9.31. The van der Waals surface area contributed by atoms with Crippen molar-refractivity contribution in [3.63, 3.8) is 0 Å². The number of carbonyl (C=O) groups excluding carboxylic acids is 2. The Labute approximate surface area is 148 Å². The molecule has 0 radical (unpaired) electrons. The van der Waals surface area contributed by atoms with Crippen molar-refractivity contribution in [3.8, 4) is 0 Å². The van der Waals surface area contributed by atoms with Gasteiger partial charge >= 0.3 is 11.9 Å². The molecule has 0 aliphatic carbocycles. The maximum absolute atomic E-state index is 11.6. The van der Waals surface area contributed by atoms with Crippen molar-refractivity contribution in [2.45, 2.75) is 68.2 Å². The Morgan fingerprint density at radius 1 is 0.750 bits per heavy atom. The molecule has 0 amide bonds. The molecule has 0 atom stereocenters. The monoisotopic (exact) mass is 340 g/mol. The number of esters is 2. The lowest BCUT2D eigenvalue weighted by atomic mass is 9.79. The normalized spacial score (nSPS) is 12.9. The molecular weight excluding hydrogens is 304 g/mol. The maximum Gasteiger partial charge on any atom is 0.331 e. The molecule has 0 saturated heterocycles. The van der Waals surface area contributed by atoms with E-state index in [1.807, 2.05) is 0 Å². The maximum atomic E-state index is 11.6. The Hall–Kier alpha value is -1.32. The fourth-order valence-corrected chi connectivity index (χ4v) is 1.64. The Morgan fingerprint density at radius 3 is 1.29 bits per heavy atom. The van der Waals surface area contributed by atoms with Crippen LogP contribution in [0.15, 0.2) is 12.2 Å². The first-order valence-corrected chi connectivity index (χ1v) is 8.90. The summed E-state index contributed by atoms with van der Waals surface area (Å²) in [4.78, 5) is 23.2. The molecule has 0 unspecified atom stereocenters. The van der Waals surface area contributed by atoms with E-state index in [9.17, 15) is 9.59 Å². The average molecular weight is 341 g/mol. The van der Waals surface area contributed by atoms with Crippen molar-refractivity contribution in [3.05, 3.63) is 12.2 Å². The van der Waals surface area contributed by atoms with Crippen LogP contribution in [-0.4, -0.2) is 25.2 Å². The van der Waals surface area contributed by atoms with Crippen LogP contribution in [0.3, 0.4) is 0 Å². The van der Waals surface area contributed by atoms with E-state index in [0.29, 0.717) is 25.0 Å². The molecule has 0 N–H and O–H groups in total. The second-order valence-corrected chi connectivity index (χ2v) is 8.45. The van der Waals surface area contributed by atoms with E-state index in [1.165, 1.54) is 0 Å². The molecule has 140 valence electrons. The van der Waals surface area contributed by atoms with Gasteiger partial charge in [-0.3, -0.25) is 0 Å². The van der Waals surface area contributed by atoms with E-state index >= 15 is 0 Å². The Morgan fingerprint density at radius 2 is 1.04 bits per heavy atom. The number of hydrogen-bond acceptors (Lipinski definition) is 4. The Balaban J connectivity index is 4.08. The van der Waals surface area contributed by atoms with Gasteiger partial charge in [-0.25, -0.2) is 9.59 Å². The van der Waals surface area contributed by atoms with Crippen molar-refractivity contribution in [1.29, 1.82) is 0 Å². The van der Waals surface area contributed by atoms with E-state index in [0.717, 1.165) is 25.0 Å². The molecule has 0 aromatic rings. The minimum absolute atomic E-state index is 0.117. The van der Waals surface area contributed by atoms with Crippen LogP contribution in [0.25, 0.3) is 0 Å². The molecule has 0 aromatic heterocycles. The van der Waals surface area contributed by atoms with E-state index in [-0.39, 0.29) is 10.8 Å². The van der Waals surface area contributed by atoms with Crippen molar-refractivity contribution in [1.82, 2.24) is 0 Å². The van der Waals surface area contributed by atoms with E-state index in [4.69, 9.17) is 9.47 Å². The summed E-state index contributed by atoms with van der Waals surface area (Å²) in [6.07, 6.45) is 3.86. The minimum atomic E-state index is -0.506. The summed E-state index contributed by atoms with van der Waals surface area (Å²) in [6.45, 7) is 17.9. The van der Waals surface area contributed by atoms with Crippen LogP contribution in [0.2, 0.25) is 0 Å². The van der Waals surface area contributed by atoms with Gasteiger partial charge in [0, 0.05) is 12.2 Å². The second-order valence-electron chi connectivity index (χ2n) is 8.45. The van der Waals surface area contributed by atoms with Crippen molar-refractivity contribution in [2.24, 2.45) is 22.7 Å². The summed E-state index contributed by atoms with van der Waals surface area (Å²) < 4.78 is 10.3. The first-order valence-electron chi connectivity index (χ1n) is 8.90. The number of carbonyl (C=O) groups is 2. The van der Waals surface area contributed by atoms with Gasteiger partial charge in [0.1, 0.15) is 0 Å². The topological polar surface area (TPSA) is 52.6 Å². The summed E-state index contributed by atoms with van der Waals surface area (Å²) in [6, 6.07) is 0. The van der Waals surface area contributed by atoms with Crippen LogP contribution in [0.5, 0.6) is 0 Å². The highest BCUT2D eigenvalue weighted by Crippen LogP contribution is 2.30. The molecule has 0 fully saturated rings. The van der Waals surface area contributed by atoms with Gasteiger partial charge in [0.05, 0.1) is 13.2 Å². The molecule has 0 saturated carbocycles. The van der Waals surface area contributed by atoms with Gasteiger partial charge in [-0.05, 0) is 35.5 Å². The van der Waals surface area contributed by atoms with Gasteiger partial charge in [-0.15, -0.1) is 0 Å². The number of ether oxygens (including phenoxy) is 2. The lowest BCUT2D eigenvalue weighted by molar-refractivity contribution is -0.141. The first kappa shape index (κ1) is 22.7. The van der Waals surface area contributed by atoms with Crippen LogP contribution in [0.1, 0.15) is 68.2 Å². The number of hydrogen-bond donors (Lipinski definition) is 0. The summed E-state index contributed by atoms with van der Waals surface area (Å²) in [5.41, 5.74) is 0.234. The molecule has 24 heavy (non-hydrogen) atoms. The zero-order valence-corrected chi connectivity index (χ0v) is 16.8. The highest BCUT2D eigenvalue weighted by atomic mass is 16.5. The van der Waals surface area contributed by atoms with Crippen molar-refractivity contribution >= 4 is 11.9 Å². The molecule has 0 bridgehead atoms. The van der Waals surface area contributed by atoms with Gasteiger partial charge in [-0.2, -0.15) is 0 Å². The van der Waals surface area contributed by atoms with Gasteiger partial charge in [0.15, 0.2) is 0 Å². The molecule has 4 heteroatoms. The third-order valence-corrected chi connectivity index (χ3v) is 5.46. The lowest BCUT2D eigenvalue weighted by Crippen LogP contribution is -2.22. The van der Waals surface area contributed by atoms with Gasteiger partial charge in [-0.1, -0.05) is 55.4 Å². The van der Waals surface area contributed by atoms with Gasteiger partial charge in [0.25, 0.3) is 0 Å². The van der Waals surface area contributed by atoms with Crippen molar-refractivity contribution in [2.75, 3.05) is 13.2 Å². The van der Waals surface area contributed by atoms with Crippen molar-refractivity contribution < 1.29 is 19.1 Å². The van der Waals surface area contributed by atoms with E-state index in [1.54, 1.807) is 0 Å². The quantitative estimate of drug-likeness (QED) is 0.424.